The SMILES string of the molecule is CN1[C@H]2CCN(Cc3cccc(Cl)c3)CC[C@@H]2Oc2ccccc2S1(=O)=O. The Morgan fingerprint density at radius 1 is 1.11 bits per heavy atom. The van der Waals surface area contributed by atoms with Crippen molar-refractivity contribution in [1.29, 1.82) is 0 Å². The van der Waals surface area contributed by atoms with Crippen molar-refractivity contribution in [2.45, 2.75) is 36.4 Å². The van der Waals surface area contributed by atoms with Gasteiger partial charge in [0.05, 0.1) is 6.04 Å². The molecule has 5 nitrogen and oxygen atoms in total. The molecule has 0 aliphatic carbocycles. The Hall–Kier alpha value is -1.60. The molecule has 144 valence electrons. The minimum absolute atomic E-state index is 0.155. The summed E-state index contributed by atoms with van der Waals surface area (Å²) in [4.78, 5) is 2.60. The first-order valence-corrected chi connectivity index (χ1v) is 11.0. The molecule has 4 rings (SSSR count). The number of hydrogen-bond donors (Lipinski definition) is 0. The number of nitrogens with zero attached hydrogens (tertiary/aromatic N) is 2. The fourth-order valence-electron chi connectivity index (χ4n) is 3.98. The lowest BCUT2D eigenvalue weighted by atomic mass is 10.1. The van der Waals surface area contributed by atoms with Crippen molar-refractivity contribution >= 4 is 21.6 Å². The van der Waals surface area contributed by atoms with Gasteiger partial charge in [0.1, 0.15) is 16.7 Å². The van der Waals surface area contributed by atoms with Gasteiger partial charge in [-0.1, -0.05) is 35.9 Å². The maximum Gasteiger partial charge on any atom is 0.246 e. The van der Waals surface area contributed by atoms with E-state index in [4.69, 9.17) is 16.3 Å². The summed E-state index contributed by atoms with van der Waals surface area (Å²) in [6.07, 6.45) is 1.35. The predicted molar refractivity (Wildman–Crippen MR) is 106 cm³/mol. The molecular weight excluding hydrogens is 384 g/mol. The number of para-hydroxylation sites is 1. The average Bonchev–Trinajstić information content (AvgIpc) is 2.87. The van der Waals surface area contributed by atoms with E-state index in [-0.39, 0.29) is 17.0 Å². The molecule has 0 radical (unpaired) electrons. The van der Waals surface area contributed by atoms with E-state index in [2.05, 4.69) is 11.0 Å². The fraction of sp³-hybridized carbons (Fsp3) is 0.400. The van der Waals surface area contributed by atoms with E-state index in [9.17, 15) is 8.42 Å². The van der Waals surface area contributed by atoms with Crippen LogP contribution in [-0.2, 0) is 16.6 Å². The topological polar surface area (TPSA) is 49.9 Å². The second-order valence-electron chi connectivity index (χ2n) is 7.18. The number of hydrogen-bond acceptors (Lipinski definition) is 4. The predicted octanol–water partition coefficient (Wildman–Crippen LogP) is 3.39. The van der Waals surface area contributed by atoms with Gasteiger partial charge in [0, 0.05) is 31.7 Å². The molecule has 2 aliphatic heterocycles. The van der Waals surface area contributed by atoms with Crippen LogP contribution in [0.15, 0.2) is 53.4 Å². The first kappa shape index (κ1) is 18.7. The molecule has 7 heteroatoms. The van der Waals surface area contributed by atoms with E-state index in [0.717, 1.165) is 43.1 Å². The Kier molecular flexibility index (Phi) is 5.16. The summed E-state index contributed by atoms with van der Waals surface area (Å²) in [7, 11) is -1.88. The second-order valence-corrected chi connectivity index (χ2v) is 9.58. The van der Waals surface area contributed by atoms with Crippen molar-refractivity contribution < 1.29 is 13.2 Å². The minimum atomic E-state index is -3.55. The summed E-state index contributed by atoms with van der Waals surface area (Å²) < 4.78 is 33.7. The standard InChI is InChI=1S/C20H23ClN2O3S/c1-22-17-9-11-23(14-15-5-4-6-16(21)13-15)12-10-18(17)26-19-7-2-3-8-20(19)27(22,24)25/h2-8,13,17-18H,9-12,14H2,1H3/t17-,18-/m0/s1. The number of benzene rings is 2. The van der Waals surface area contributed by atoms with E-state index < -0.39 is 10.0 Å². The largest absolute Gasteiger partial charge is 0.487 e. The number of rotatable bonds is 2. The third-order valence-electron chi connectivity index (χ3n) is 5.45. The normalized spacial score (nSPS) is 25.6. The highest BCUT2D eigenvalue weighted by atomic mass is 35.5. The maximum absolute atomic E-state index is 13.0. The summed E-state index contributed by atoms with van der Waals surface area (Å²) in [6.45, 7) is 2.46. The second kappa shape index (κ2) is 7.43. The number of sulfonamides is 1. The van der Waals surface area contributed by atoms with Crippen LogP contribution in [0, 0.1) is 0 Å². The van der Waals surface area contributed by atoms with E-state index in [1.54, 1.807) is 25.2 Å². The Balaban J connectivity index is 1.57. The molecule has 1 fully saturated rings. The molecule has 2 heterocycles. The Bertz CT molecular complexity index is 934. The number of ether oxygens (including phenoxy) is 1. The molecule has 0 N–H and O–H groups in total. The first-order valence-electron chi connectivity index (χ1n) is 9.16. The molecular formula is C20H23ClN2O3S. The number of likely N-dealkylation sites (N-methyl/N-ethyl adjacent to an activating group) is 1. The molecule has 0 unspecified atom stereocenters. The smallest absolute Gasteiger partial charge is 0.246 e. The highest BCUT2D eigenvalue weighted by Crippen LogP contribution is 2.35. The van der Waals surface area contributed by atoms with Gasteiger partial charge in [0.2, 0.25) is 10.0 Å². The molecule has 2 aromatic rings. The van der Waals surface area contributed by atoms with Crippen LogP contribution in [-0.4, -0.2) is 49.9 Å². The quantitative estimate of drug-likeness (QED) is 0.767. The highest BCUT2D eigenvalue weighted by molar-refractivity contribution is 7.89. The van der Waals surface area contributed by atoms with Crippen molar-refractivity contribution in [2.75, 3.05) is 20.1 Å². The van der Waals surface area contributed by atoms with E-state index in [1.165, 1.54) is 4.31 Å². The molecule has 2 atom stereocenters. The molecule has 0 amide bonds. The van der Waals surface area contributed by atoms with E-state index >= 15 is 0 Å². The van der Waals surface area contributed by atoms with Gasteiger partial charge in [0.25, 0.3) is 0 Å². The van der Waals surface area contributed by atoms with Crippen molar-refractivity contribution in [2.24, 2.45) is 0 Å². The lowest BCUT2D eigenvalue weighted by molar-refractivity contribution is 0.122. The lowest BCUT2D eigenvalue weighted by Gasteiger charge is -2.28. The van der Waals surface area contributed by atoms with Gasteiger partial charge in [-0.05, 0) is 42.7 Å². The number of fused-ring (bicyclic) bond motifs is 2. The lowest BCUT2D eigenvalue weighted by Crippen LogP contribution is -2.44. The Labute approximate surface area is 165 Å². The maximum atomic E-state index is 13.0. The summed E-state index contributed by atoms with van der Waals surface area (Å²) in [5.74, 6) is 0.458. The van der Waals surface area contributed by atoms with Crippen LogP contribution in [0.1, 0.15) is 18.4 Å². The molecule has 1 saturated heterocycles. The summed E-state index contributed by atoms with van der Waals surface area (Å²) in [5, 5.41) is 0.734. The van der Waals surface area contributed by atoms with Crippen LogP contribution in [0.2, 0.25) is 5.02 Å². The zero-order valence-electron chi connectivity index (χ0n) is 15.2. The molecule has 0 spiro atoms. The van der Waals surface area contributed by atoms with Crippen LogP contribution < -0.4 is 4.74 Å². The number of halogens is 1. The van der Waals surface area contributed by atoms with E-state index in [1.807, 2.05) is 24.3 Å². The van der Waals surface area contributed by atoms with Gasteiger partial charge in [-0.15, -0.1) is 0 Å². The molecule has 27 heavy (non-hydrogen) atoms. The highest BCUT2D eigenvalue weighted by Gasteiger charge is 2.41. The summed E-state index contributed by atoms with van der Waals surface area (Å²) in [6, 6.07) is 14.6. The molecule has 2 aromatic carbocycles. The van der Waals surface area contributed by atoms with Crippen molar-refractivity contribution in [3.63, 3.8) is 0 Å². The van der Waals surface area contributed by atoms with Crippen molar-refractivity contribution in [3.05, 3.63) is 59.1 Å². The average molecular weight is 407 g/mol. The van der Waals surface area contributed by atoms with Gasteiger partial charge in [-0.3, -0.25) is 4.90 Å². The fourth-order valence-corrected chi connectivity index (χ4v) is 5.72. The minimum Gasteiger partial charge on any atom is -0.487 e. The molecule has 2 aliphatic rings. The van der Waals surface area contributed by atoms with Gasteiger partial charge in [-0.2, -0.15) is 4.31 Å². The molecule has 0 bridgehead atoms. The van der Waals surface area contributed by atoms with Crippen LogP contribution in [0.4, 0.5) is 0 Å². The zero-order chi connectivity index (χ0) is 19.0. The van der Waals surface area contributed by atoms with Crippen LogP contribution in [0.25, 0.3) is 0 Å². The summed E-state index contributed by atoms with van der Waals surface area (Å²) >= 11 is 6.10. The van der Waals surface area contributed by atoms with Crippen LogP contribution in [0.3, 0.4) is 0 Å². The Morgan fingerprint density at radius 2 is 1.89 bits per heavy atom. The van der Waals surface area contributed by atoms with Crippen LogP contribution in [0.5, 0.6) is 5.75 Å². The Morgan fingerprint density at radius 3 is 2.70 bits per heavy atom. The van der Waals surface area contributed by atoms with E-state index in [0.29, 0.717) is 5.75 Å². The number of likely N-dealkylation sites (tertiary alicyclic amines) is 1. The summed E-state index contributed by atoms with van der Waals surface area (Å²) in [5.41, 5.74) is 1.16. The van der Waals surface area contributed by atoms with Crippen LogP contribution >= 0.6 is 11.6 Å². The monoisotopic (exact) mass is 406 g/mol. The third kappa shape index (κ3) is 3.72. The van der Waals surface area contributed by atoms with Gasteiger partial charge < -0.3 is 4.74 Å². The van der Waals surface area contributed by atoms with Gasteiger partial charge in [-0.25, -0.2) is 8.42 Å². The van der Waals surface area contributed by atoms with Gasteiger partial charge >= 0.3 is 0 Å². The third-order valence-corrected chi connectivity index (χ3v) is 7.60. The first-order chi connectivity index (χ1) is 12.9. The zero-order valence-corrected chi connectivity index (χ0v) is 16.8. The molecule has 0 saturated carbocycles. The van der Waals surface area contributed by atoms with Crippen molar-refractivity contribution in [3.8, 4) is 5.75 Å². The van der Waals surface area contributed by atoms with Gasteiger partial charge in [0.15, 0.2) is 0 Å². The molecule has 0 aromatic heterocycles. The van der Waals surface area contributed by atoms with Crippen molar-refractivity contribution in [1.82, 2.24) is 9.21 Å².